The Kier molecular flexibility index (Phi) is 13.8. The third kappa shape index (κ3) is 8.70. The van der Waals surface area contributed by atoms with Gasteiger partial charge in [-0.25, -0.2) is 0 Å². The van der Waals surface area contributed by atoms with Crippen LogP contribution in [0.3, 0.4) is 0 Å². The molecule has 1 spiro atoms. The van der Waals surface area contributed by atoms with E-state index in [4.69, 9.17) is 0 Å². The van der Waals surface area contributed by atoms with Gasteiger partial charge in [0.15, 0.2) is 0 Å². The van der Waals surface area contributed by atoms with Crippen molar-refractivity contribution in [2.75, 3.05) is 9.80 Å². The van der Waals surface area contributed by atoms with E-state index in [2.05, 4.69) is 414 Å². The standard InChI is InChI=1S/C105H76N2/c1-67-48-57-82-84-60-55-77(65-96(84)103(94(82)62-67,71-28-10-6-11-29-71)72-30-12-7-13-31-72)106(78-56-61-85-83-58-49-68(2)63-95(83)104(97(85)66-78,73-32-14-8-15-33-73)74-34-16-9-17-35-74)76-54-59-79(69(3)64-76)70-50-52-75(53-51-70)107(98-46-26-44-92-100(98)86-38-20-22-40-88(86)102(92,4)5)99-47-27-45-93-101(99)87-39-21-25-43-91(87)105(93)89-41-23-18-36-80(89)81-37-19-24-42-90(81)105/h6-66H,1-5H3. The normalized spacial score (nSPS) is 14.5. The van der Waals surface area contributed by atoms with Gasteiger partial charge in [-0.05, 0) is 221 Å². The van der Waals surface area contributed by atoms with Crippen LogP contribution in [0, 0.1) is 20.8 Å². The summed E-state index contributed by atoms with van der Waals surface area (Å²) >= 11 is 0. The van der Waals surface area contributed by atoms with E-state index in [1.54, 1.807) is 0 Å². The van der Waals surface area contributed by atoms with Crippen molar-refractivity contribution in [3.8, 4) is 66.8 Å². The SMILES string of the molecule is Cc1ccc2c(c1)C(c1ccccc1)(c1ccccc1)c1cc(N(c3ccc(-c4ccc(N(c5cccc6c5-c5ccccc5C6(C)C)c5cccc6c5-c5ccccc5C65c6ccccc6-c6ccccc65)cc4)c(C)c3)c3ccc4c(c3)C(c3ccccc3)(c3ccccc3)c3cc(C)ccc3-4)ccc1-2. The Bertz CT molecular complexity index is 6010. The number of nitrogens with zero attached hydrogens (tertiary/aromatic N) is 2. The van der Waals surface area contributed by atoms with Crippen LogP contribution in [0.1, 0.15) is 108 Å². The lowest BCUT2D eigenvalue weighted by Crippen LogP contribution is -2.29. The molecule has 0 saturated heterocycles. The van der Waals surface area contributed by atoms with Crippen molar-refractivity contribution in [1.29, 1.82) is 0 Å². The van der Waals surface area contributed by atoms with E-state index in [1.165, 1.54) is 161 Å². The molecule has 0 radical (unpaired) electrons. The van der Waals surface area contributed by atoms with E-state index in [9.17, 15) is 0 Å². The number of hydrogen-bond acceptors (Lipinski definition) is 2. The topological polar surface area (TPSA) is 6.48 Å². The summed E-state index contributed by atoms with van der Waals surface area (Å²) in [6, 6.07) is 141. The lowest BCUT2D eigenvalue weighted by atomic mass is 9.67. The van der Waals surface area contributed by atoms with Gasteiger partial charge in [-0.1, -0.05) is 334 Å². The van der Waals surface area contributed by atoms with Crippen LogP contribution in [0.5, 0.6) is 0 Å². The predicted octanol–water partition coefficient (Wildman–Crippen LogP) is 26.6. The van der Waals surface area contributed by atoms with E-state index in [-0.39, 0.29) is 5.41 Å². The van der Waals surface area contributed by atoms with Gasteiger partial charge in [0.1, 0.15) is 0 Å². The molecule has 0 unspecified atom stereocenters. The Morgan fingerprint density at radius 3 is 0.991 bits per heavy atom. The highest BCUT2D eigenvalue weighted by atomic mass is 15.2. The maximum Gasteiger partial charge on any atom is 0.0726 e. The Balaban J connectivity index is 0.755. The molecular weight excluding hydrogens is 1290 g/mol. The van der Waals surface area contributed by atoms with Crippen LogP contribution >= 0.6 is 0 Å². The first-order valence-corrected chi connectivity index (χ1v) is 37.8. The van der Waals surface area contributed by atoms with Crippen LogP contribution < -0.4 is 9.80 Å². The zero-order valence-electron chi connectivity index (χ0n) is 60.6. The summed E-state index contributed by atoms with van der Waals surface area (Å²) < 4.78 is 0. The van der Waals surface area contributed by atoms with Crippen molar-refractivity contribution in [2.45, 2.75) is 56.3 Å². The van der Waals surface area contributed by atoms with E-state index < -0.39 is 16.2 Å². The Labute approximate surface area is 627 Å². The first-order chi connectivity index (χ1) is 52.6. The highest BCUT2D eigenvalue weighted by molar-refractivity contribution is 6.04. The largest absolute Gasteiger partial charge is 0.310 e. The summed E-state index contributed by atoms with van der Waals surface area (Å²) in [6.07, 6.45) is 0. The highest BCUT2D eigenvalue weighted by Crippen LogP contribution is 2.67. The lowest BCUT2D eigenvalue weighted by molar-refractivity contribution is 0.660. The average molecular weight is 1370 g/mol. The minimum atomic E-state index is -0.612. The number of anilines is 6. The molecule has 16 aromatic carbocycles. The van der Waals surface area contributed by atoms with Crippen molar-refractivity contribution in [1.82, 2.24) is 0 Å². The van der Waals surface area contributed by atoms with Crippen LogP contribution in [-0.2, 0) is 21.7 Å². The molecule has 506 valence electrons. The zero-order chi connectivity index (χ0) is 71.5. The minimum Gasteiger partial charge on any atom is -0.310 e. The Morgan fingerprint density at radius 2 is 0.533 bits per heavy atom. The van der Waals surface area contributed by atoms with Crippen LogP contribution in [0.15, 0.2) is 370 Å². The molecule has 2 nitrogen and oxygen atoms in total. The number of aryl methyl sites for hydroxylation is 3. The monoisotopic (exact) mass is 1360 g/mol. The maximum absolute atomic E-state index is 2.59. The summed E-state index contributed by atoms with van der Waals surface area (Å²) in [4.78, 5) is 5.14. The fourth-order valence-electron chi connectivity index (χ4n) is 20.4. The van der Waals surface area contributed by atoms with Gasteiger partial charge in [0.05, 0.1) is 27.6 Å². The first-order valence-electron chi connectivity index (χ1n) is 37.8. The van der Waals surface area contributed by atoms with Gasteiger partial charge in [0.25, 0.3) is 0 Å². The molecule has 0 heterocycles. The molecule has 2 heteroatoms. The summed E-state index contributed by atoms with van der Waals surface area (Å²) in [5.74, 6) is 0. The highest BCUT2D eigenvalue weighted by Gasteiger charge is 2.54. The van der Waals surface area contributed by atoms with E-state index in [0.29, 0.717) is 0 Å². The van der Waals surface area contributed by atoms with Crippen molar-refractivity contribution < 1.29 is 0 Å². The van der Waals surface area contributed by atoms with E-state index >= 15 is 0 Å². The summed E-state index contributed by atoms with van der Waals surface area (Å²) in [5.41, 5.74) is 41.5. The molecule has 0 bridgehead atoms. The average Bonchev–Trinajstić information content (AvgIpc) is 1.48. The van der Waals surface area contributed by atoms with Crippen molar-refractivity contribution in [3.63, 3.8) is 0 Å². The minimum absolute atomic E-state index is 0.204. The van der Waals surface area contributed by atoms with Crippen LogP contribution in [0.2, 0.25) is 0 Å². The summed E-state index contributed by atoms with van der Waals surface area (Å²) in [6.45, 7) is 11.6. The molecule has 21 rings (SSSR count). The van der Waals surface area contributed by atoms with Crippen molar-refractivity contribution in [2.24, 2.45) is 0 Å². The van der Waals surface area contributed by atoms with Crippen LogP contribution in [0.4, 0.5) is 34.1 Å². The first kappa shape index (κ1) is 62.7. The van der Waals surface area contributed by atoms with Gasteiger partial charge in [0, 0.05) is 39.3 Å². The molecule has 0 N–H and O–H groups in total. The molecule has 107 heavy (non-hydrogen) atoms. The van der Waals surface area contributed by atoms with E-state index in [1.807, 2.05) is 0 Å². The molecule has 0 aliphatic heterocycles. The molecule has 5 aliphatic carbocycles. The fraction of sp³-hybridized carbons (Fsp3) is 0.0857. The quantitative estimate of drug-likeness (QED) is 0.127. The number of benzene rings is 16. The van der Waals surface area contributed by atoms with Gasteiger partial charge in [-0.3, -0.25) is 0 Å². The number of rotatable bonds is 11. The molecule has 5 aliphatic rings. The van der Waals surface area contributed by atoms with Gasteiger partial charge < -0.3 is 9.80 Å². The third-order valence-corrected chi connectivity index (χ3v) is 24.9. The van der Waals surface area contributed by atoms with Crippen LogP contribution in [0.25, 0.3) is 66.8 Å². The second kappa shape index (κ2) is 23.6. The number of hydrogen-bond donors (Lipinski definition) is 0. The second-order valence-corrected chi connectivity index (χ2v) is 30.7. The fourth-order valence-corrected chi connectivity index (χ4v) is 20.4. The molecule has 0 aromatic heterocycles. The predicted molar refractivity (Wildman–Crippen MR) is 444 cm³/mol. The smallest absolute Gasteiger partial charge is 0.0726 e. The number of fused-ring (bicyclic) bond motifs is 19. The van der Waals surface area contributed by atoms with Gasteiger partial charge >= 0.3 is 0 Å². The second-order valence-electron chi connectivity index (χ2n) is 30.7. The lowest BCUT2D eigenvalue weighted by Gasteiger charge is -2.36. The van der Waals surface area contributed by atoms with Gasteiger partial charge in [-0.15, -0.1) is 0 Å². The Hall–Kier alpha value is -12.9. The van der Waals surface area contributed by atoms with E-state index in [0.717, 1.165) is 34.0 Å². The zero-order valence-corrected chi connectivity index (χ0v) is 60.6. The van der Waals surface area contributed by atoms with Crippen LogP contribution in [-0.4, -0.2) is 0 Å². The third-order valence-electron chi connectivity index (χ3n) is 24.9. The molecule has 0 saturated carbocycles. The maximum atomic E-state index is 2.59. The molecule has 0 fully saturated rings. The summed E-state index contributed by atoms with van der Waals surface area (Å²) in [7, 11) is 0. The molecular formula is C105H76N2. The Morgan fingerprint density at radius 1 is 0.206 bits per heavy atom. The van der Waals surface area contributed by atoms with Crippen molar-refractivity contribution >= 4 is 34.1 Å². The van der Waals surface area contributed by atoms with Crippen molar-refractivity contribution in [3.05, 3.63) is 465 Å². The molecule has 16 aromatic rings. The summed E-state index contributed by atoms with van der Waals surface area (Å²) in [5, 5.41) is 0. The van der Waals surface area contributed by atoms with Gasteiger partial charge in [0.2, 0.25) is 0 Å². The molecule has 0 amide bonds. The van der Waals surface area contributed by atoms with Gasteiger partial charge in [-0.2, -0.15) is 0 Å². The molecule has 0 atom stereocenters.